The number of rotatable bonds is 5. The Morgan fingerprint density at radius 2 is 2.06 bits per heavy atom. The van der Waals surface area contributed by atoms with Gasteiger partial charge in [-0.15, -0.1) is 11.3 Å². The van der Waals surface area contributed by atoms with Crippen LogP contribution >= 0.6 is 11.3 Å². The maximum absolute atomic E-state index is 11.4. The van der Waals surface area contributed by atoms with Crippen molar-refractivity contribution in [3.63, 3.8) is 0 Å². The maximum atomic E-state index is 11.4. The molecule has 0 aliphatic carbocycles. The van der Waals surface area contributed by atoms with Crippen LogP contribution in [0.4, 0.5) is 0 Å². The zero-order valence-corrected chi connectivity index (χ0v) is 10.2. The van der Waals surface area contributed by atoms with Gasteiger partial charge in [-0.3, -0.25) is 4.79 Å². The lowest BCUT2D eigenvalue weighted by molar-refractivity contribution is 0.0591. The Bertz CT molecular complexity index is 400. The summed E-state index contributed by atoms with van der Waals surface area (Å²) in [7, 11) is 2.85. The van der Waals surface area contributed by atoms with Gasteiger partial charge in [0.25, 0.3) is 0 Å². The summed E-state index contributed by atoms with van der Waals surface area (Å²) in [5.41, 5.74) is 0.103. The van der Waals surface area contributed by atoms with Crippen molar-refractivity contribution in [2.45, 2.75) is 13.3 Å². The Kier molecular flexibility index (Phi) is 4.57. The molecule has 1 aromatic rings. The second-order valence-electron chi connectivity index (χ2n) is 3.08. The molecule has 0 fully saturated rings. The lowest BCUT2D eigenvalue weighted by Gasteiger charge is -1.95. The zero-order chi connectivity index (χ0) is 12.1. The van der Waals surface area contributed by atoms with Gasteiger partial charge in [-0.05, 0) is 0 Å². The van der Waals surface area contributed by atoms with Crippen LogP contribution in [0.15, 0.2) is 0 Å². The van der Waals surface area contributed by atoms with E-state index >= 15 is 0 Å². The number of methoxy groups -OCH3 is 2. The van der Waals surface area contributed by atoms with Crippen LogP contribution in [-0.4, -0.2) is 37.6 Å². The van der Waals surface area contributed by atoms with Gasteiger partial charge in [-0.2, -0.15) is 0 Å². The molecule has 16 heavy (non-hydrogen) atoms. The summed E-state index contributed by atoms with van der Waals surface area (Å²) in [5.74, 6) is -0.758. The zero-order valence-electron chi connectivity index (χ0n) is 9.40. The first-order chi connectivity index (χ1) is 7.60. The Balaban J connectivity index is 3.00. The van der Waals surface area contributed by atoms with Crippen molar-refractivity contribution in [1.29, 1.82) is 0 Å². The van der Waals surface area contributed by atoms with Gasteiger partial charge < -0.3 is 9.47 Å². The van der Waals surface area contributed by atoms with Crippen molar-refractivity contribution in [3.05, 3.63) is 15.6 Å². The van der Waals surface area contributed by atoms with Crippen molar-refractivity contribution in [2.24, 2.45) is 0 Å². The molecule has 1 rings (SSSR count). The summed E-state index contributed by atoms with van der Waals surface area (Å²) in [4.78, 5) is 27.1. The van der Waals surface area contributed by atoms with E-state index in [9.17, 15) is 9.59 Å². The number of hydrogen-bond acceptors (Lipinski definition) is 6. The number of aromatic nitrogens is 1. The fourth-order valence-corrected chi connectivity index (χ4v) is 2.06. The Morgan fingerprint density at radius 3 is 2.56 bits per heavy atom. The van der Waals surface area contributed by atoms with E-state index in [4.69, 9.17) is 4.74 Å². The number of ketones is 1. The van der Waals surface area contributed by atoms with Crippen molar-refractivity contribution < 1.29 is 19.1 Å². The number of nitrogens with zero attached hydrogens (tertiary/aromatic N) is 1. The monoisotopic (exact) mass is 243 g/mol. The van der Waals surface area contributed by atoms with E-state index in [1.165, 1.54) is 25.4 Å². The molecule has 0 saturated carbocycles. The fourth-order valence-electron chi connectivity index (χ4n) is 1.13. The number of ether oxygens (including phenoxy) is 2. The Hall–Kier alpha value is -1.27. The fraction of sp³-hybridized carbons (Fsp3) is 0.500. The summed E-state index contributed by atoms with van der Waals surface area (Å²) in [6.45, 7) is 1.91. The number of hydrogen-bond donors (Lipinski definition) is 0. The molecular formula is C10H13NO4S. The highest BCUT2D eigenvalue weighted by Crippen LogP contribution is 2.20. The Morgan fingerprint density at radius 1 is 1.38 bits per heavy atom. The maximum Gasteiger partial charge on any atom is 0.358 e. The minimum atomic E-state index is -0.579. The molecule has 0 aromatic carbocycles. The molecule has 0 unspecified atom stereocenters. The second-order valence-corrected chi connectivity index (χ2v) is 4.16. The standard InChI is InChI=1S/C10H13NO4S/c1-6(12)9-8(10(13)15-3)11-7(16-9)4-5-14-2/h4-5H2,1-3H3. The molecule has 6 heteroatoms. The summed E-state index contributed by atoms with van der Waals surface area (Å²) in [6, 6.07) is 0. The molecule has 1 heterocycles. The van der Waals surface area contributed by atoms with E-state index in [1.54, 1.807) is 7.11 Å². The van der Waals surface area contributed by atoms with Crippen LogP contribution < -0.4 is 0 Å². The molecule has 0 amide bonds. The normalized spacial score (nSPS) is 10.2. The molecule has 0 bridgehead atoms. The highest BCUT2D eigenvalue weighted by atomic mass is 32.1. The van der Waals surface area contributed by atoms with Crippen LogP contribution in [0.1, 0.15) is 32.1 Å². The Labute approximate surface area is 97.4 Å². The number of carbonyl (C=O) groups excluding carboxylic acids is 2. The van der Waals surface area contributed by atoms with Crippen LogP contribution in [0.5, 0.6) is 0 Å². The predicted octanol–water partition coefficient (Wildman–Crippen LogP) is 1.32. The number of thiazole rings is 1. The van der Waals surface area contributed by atoms with Gasteiger partial charge in [0.15, 0.2) is 11.5 Å². The average molecular weight is 243 g/mol. The molecule has 0 spiro atoms. The van der Waals surface area contributed by atoms with Crippen molar-refractivity contribution in [2.75, 3.05) is 20.8 Å². The molecule has 88 valence electrons. The average Bonchev–Trinajstić information content (AvgIpc) is 2.69. The second kappa shape index (κ2) is 5.72. The van der Waals surface area contributed by atoms with Gasteiger partial charge in [0.1, 0.15) is 4.88 Å². The van der Waals surface area contributed by atoms with Gasteiger partial charge in [0.05, 0.1) is 18.7 Å². The molecule has 0 N–H and O–H groups in total. The van der Waals surface area contributed by atoms with Gasteiger partial charge in [0.2, 0.25) is 0 Å². The van der Waals surface area contributed by atoms with E-state index in [2.05, 4.69) is 9.72 Å². The molecule has 0 radical (unpaired) electrons. The van der Waals surface area contributed by atoms with E-state index in [1.807, 2.05) is 0 Å². The highest BCUT2D eigenvalue weighted by molar-refractivity contribution is 7.14. The van der Waals surface area contributed by atoms with Gasteiger partial charge in [-0.1, -0.05) is 0 Å². The van der Waals surface area contributed by atoms with Gasteiger partial charge >= 0.3 is 5.97 Å². The topological polar surface area (TPSA) is 65.5 Å². The lowest BCUT2D eigenvalue weighted by Crippen LogP contribution is -2.07. The molecule has 0 aliphatic rings. The summed E-state index contributed by atoms with van der Waals surface area (Å²) in [5, 5.41) is 0.701. The highest BCUT2D eigenvalue weighted by Gasteiger charge is 2.21. The third-order valence-electron chi connectivity index (χ3n) is 1.89. The van der Waals surface area contributed by atoms with E-state index < -0.39 is 5.97 Å². The van der Waals surface area contributed by atoms with Gasteiger partial charge in [0, 0.05) is 20.5 Å². The summed E-state index contributed by atoms with van der Waals surface area (Å²) >= 11 is 1.21. The van der Waals surface area contributed by atoms with Crippen LogP contribution in [0.3, 0.4) is 0 Å². The first-order valence-corrected chi connectivity index (χ1v) is 5.49. The van der Waals surface area contributed by atoms with E-state index in [0.717, 1.165) is 0 Å². The number of carbonyl (C=O) groups is 2. The third-order valence-corrected chi connectivity index (χ3v) is 3.11. The summed E-state index contributed by atoms with van der Waals surface area (Å²) in [6.07, 6.45) is 0.582. The molecular weight excluding hydrogens is 230 g/mol. The SMILES string of the molecule is COCCc1nc(C(=O)OC)c(C(C)=O)s1. The van der Waals surface area contributed by atoms with Crippen LogP contribution in [0.25, 0.3) is 0 Å². The molecule has 0 saturated heterocycles. The minimum absolute atomic E-state index is 0.103. The first kappa shape index (κ1) is 12.8. The molecule has 0 aliphatic heterocycles. The third kappa shape index (κ3) is 2.86. The smallest absolute Gasteiger partial charge is 0.358 e. The van der Waals surface area contributed by atoms with Crippen molar-refractivity contribution in [1.82, 2.24) is 4.98 Å². The first-order valence-electron chi connectivity index (χ1n) is 4.68. The van der Waals surface area contributed by atoms with E-state index in [0.29, 0.717) is 22.9 Å². The minimum Gasteiger partial charge on any atom is -0.464 e. The van der Waals surface area contributed by atoms with Crippen LogP contribution in [0, 0.1) is 0 Å². The van der Waals surface area contributed by atoms with Crippen LogP contribution in [0.2, 0.25) is 0 Å². The molecule has 0 atom stereocenters. The number of Topliss-reactive ketones (excluding diaryl/α,β-unsaturated/α-hetero) is 1. The van der Waals surface area contributed by atoms with E-state index in [-0.39, 0.29) is 11.5 Å². The molecule has 5 nitrogen and oxygen atoms in total. The predicted molar refractivity (Wildman–Crippen MR) is 59.0 cm³/mol. The quantitative estimate of drug-likeness (QED) is 0.576. The largest absolute Gasteiger partial charge is 0.464 e. The van der Waals surface area contributed by atoms with Crippen molar-refractivity contribution >= 4 is 23.1 Å². The van der Waals surface area contributed by atoms with Crippen molar-refractivity contribution in [3.8, 4) is 0 Å². The lowest BCUT2D eigenvalue weighted by atomic mass is 10.3. The summed E-state index contributed by atoms with van der Waals surface area (Å²) < 4.78 is 9.47. The van der Waals surface area contributed by atoms with Gasteiger partial charge in [-0.25, -0.2) is 9.78 Å². The number of esters is 1. The van der Waals surface area contributed by atoms with Crippen LogP contribution in [-0.2, 0) is 15.9 Å². The molecule has 1 aromatic heterocycles.